The molecule has 2 N–H and O–H groups in total. The number of unbranched alkanes of at least 4 members (excludes halogenated alkanes) is 8. The summed E-state index contributed by atoms with van der Waals surface area (Å²) in [5.74, 6) is 1.27. The fourth-order valence-corrected chi connectivity index (χ4v) is 3.01. The number of aliphatic imine (C=N–C) groups is 1. The molecule has 1 aliphatic rings. The summed E-state index contributed by atoms with van der Waals surface area (Å²) in [5.41, 5.74) is 5.63. The van der Waals surface area contributed by atoms with Crippen LogP contribution in [0.15, 0.2) is 17.1 Å². The molecular formula is C19H37N3. The molecule has 1 rings (SSSR count). The summed E-state index contributed by atoms with van der Waals surface area (Å²) < 4.78 is 0. The summed E-state index contributed by atoms with van der Waals surface area (Å²) in [6.45, 7) is 5.99. The minimum Gasteiger partial charge on any atom is -0.357 e. The molecule has 0 saturated carbocycles. The van der Waals surface area contributed by atoms with Crippen molar-refractivity contribution in [3.8, 4) is 0 Å². The van der Waals surface area contributed by atoms with Crippen molar-refractivity contribution in [2.75, 3.05) is 26.2 Å². The summed E-state index contributed by atoms with van der Waals surface area (Å²) in [5, 5.41) is 0. The van der Waals surface area contributed by atoms with E-state index in [2.05, 4.69) is 29.0 Å². The van der Waals surface area contributed by atoms with E-state index >= 15 is 0 Å². The molecule has 0 atom stereocenters. The van der Waals surface area contributed by atoms with Gasteiger partial charge in [-0.3, -0.25) is 4.99 Å². The van der Waals surface area contributed by atoms with Crippen LogP contribution in [0.4, 0.5) is 0 Å². The molecule has 1 heterocycles. The van der Waals surface area contributed by atoms with Crippen molar-refractivity contribution in [3.05, 3.63) is 12.2 Å². The third-order valence-corrected chi connectivity index (χ3v) is 4.35. The van der Waals surface area contributed by atoms with E-state index in [1.165, 1.54) is 63.6 Å². The lowest BCUT2D eigenvalue weighted by Crippen LogP contribution is -2.32. The van der Waals surface area contributed by atoms with Crippen molar-refractivity contribution in [2.45, 2.75) is 77.6 Å². The maximum atomic E-state index is 5.63. The lowest BCUT2D eigenvalue weighted by molar-refractivity contribution is 0.459. The van der Waals surface area contributed by atoms with E-state index in [9.17, 15) is 0 Å². The molecule has 0 bridgehead atoms. The smallest absolute Gasteiger partial charge is 0.0993 e. The van der Waals surface area contributed by atoms with E-state index in [-0.39, 0.29) is 0 Å². The van der Waals surface area contributed by atoms with Gasteiger partial charge >= 0.3 is 0 Å². The van der Waals surface area contributed by atoms with Gasteiger partial charge in [0, 0.05) is 26.1 Å². The third-order valence-electron chi connectivity index (χ3n) is 4.35. The van der Waals surface area contributed by atoms with Gasteiger partial charge < -0.3 is 10.6 Å². The molecule has 0 aliphatic carbocycles. The SMILES string of the molecule is CCCCCCCCCC/C=C/CCC1=NCCN1CCN. The molecule has 0 saturated heterocycles. The van der Waals surface area contributed by atoms with Crippen LogP contribution in [-0.4, -0.2) is 36.9 Å². The molecule has 0 aromatic rings. The highest BCUT2D eigenvalue weighted by molar-refractivity contribution is 5.83. The van der Waals surface area contributed by atoms with E-state index in [4.69, 9.17) is 5.73 Å². The molecule has 3 nitrogen and oxygen atoms in total. The molecular weight excluding hydrogens is 270 g/mol. The first kappa shape index (κ1) is 19.2. The van der Waals surface area contributed by atoms with Gasteiger partial charge in [0.05, 0.1) is 12.4 Å². The van der Waals surface area contributed by atoms with E-state index in [0.717, 1.165) is 39.0 Å². The highest BCUT2D eigenvalue weighted by Gasteiger charge is 2.14. The first-order valence-corrected chi connectivity index (χ1v) is 9.51. The van der Waals surface area contributed by atoms with Crippen LogP contribution in [0.25, 0.3) is 0 Å². The normalized spacial score (nSPS) is 15.0. The lowest BCUT2D eigenvalue weighted by Gasteiger charge is -2.18. The Morgan fingerprint density at radius 3 is 2.41 bits per heavy atom. The summed E-state index contributed by atoms with van der Waals surface area (Å²) in [6.07, 6.45) is 19.4. The quantitative estimate of drug-likeness (QED) is 0.378. The molecule has 0 spiro atoms. The van der Waals surface area contributed by atoms with Crippen molar-refractivity contribution >= 4 is 5.84 Å². The zero-order chi connectivity index (χ0) is 15.9. The van der Waals surface area contributed by atoms with Gasteiger partial charge in [-0.15, -0.1) is 0 Å². The third kappa shape index (κ3) is 9.24. The molecule has 0 aromatic carbocycles. The summed E-state index contributed by atoms with van der Waals surface area (Å²) in [6, 6.07) is 0. The predicted molar refractivity (Wildman–Crippen MR) is 98.5 cm³/mol. The Kier molecular flexibility index (Phi) is 12.1. The van der Waals surface area contributed by atoms with Gasteiger partial charge in [-0.2, -0.15) is 0 Å². The molecule has 0 unspecified atom stereocenters. The highest BCUT2D eigenvalue weighted by atomic mass is 15.2. The Hall–Kier alpha value is -0.830. The lowest BCUT2D eigenvalue weighted by atomic mass is 10.1. The molecule has 22 heavy (non-hydrogen) atoms. The fraction of sp³-hybridized carbons (Fsp3) is 0.842. The van der Waals surface area contributed by atoms with Gasteiger partial charge in [0.1, 0.15) is 0 Å². The molecule has 0 aromatic heterocycles. The minimum atomic E-state index is 0.729. The van der Waals surface area contributed by atoms with Crippen LogP contribution < -0.4 is 5.73 Å². The van der Waals surface area contributed by atoms with Crippen molar-refractivity contribution < 1.29 is 0 Å². The van der Waals surface area contributed by atoms with Gasteiger partial charge in [0.15, 0.2) is 0 Å². The molecule has 1 aliphatic heterocycles. The second-order valence-electron chi connectivity index (χ2n) is 6.35. The summed E-state index contributed by atoms with van der Waals surface area (Å²) >= 11 is 0. The van der Waals surface area contributed by atoms with E-state index < -0.39 is 0 Å². The Balaban J connectivity index is 1.90. The number of hydrogen-bond acceptors (Lipinski definition) is 3. The molecule has 128 valence electrons. The van der Waals surface area contributed by atoms with E-state index in [1.807, 2.05) is 0 Å². The topological polar surface area (TPSA) is 41.6 Å². The standard InChI is InChI=1S/C19H37N3/c1-2-3-4-5-6-7-8-9-10-11-12-13-14-19-21-16-18-22(19)17-15-20/h11-12H,2-10,13-18,20H2,1H3/b12-11+. The number of nitrogens with two attached hydrogens (primary N) is 1. The van der Waals surface area contributed by atoms with Crippen LogP contribution in [0.2, 0.25) is 0 Å². The monoisotopic (exact) mass is 307 g/mol. The Labute approximate surface area is 138 Å². The van der Waals surface area contributed by atoms with Gasteiger partial charge in [0.25, 0.3) is 0 Å². The summed E-state index contributed by atoms with van der Waals surface area (Å²) in [7, 11) is 0. The number of allylic oxidation sites excluding steroid dienone is 2. The molecule has 3 heteroatoms. The van der Waals surface area contributed by atoms with Gasteiger partial charge in [-0.1, -0.05) is 64.0 Å². The number of rotatable bonds is 14. The van der Waals surface area contributed by atoms with E-state index in [1.54, 1.807) is 0 Å². The molecule has 0 fully saturated rings. The van der Waals surface area contributed by atoms with Crippen LogP contribution >= 0.6 is 0 Å². The Bertz CT molecular complexity index is 310. The van der Waals surface area contributed by atoms with Crippen molar-refractivity contribution in [3.63, 3.8) is 0 Å². The largest absolute Gasteiger partial charge is 0.357 e. The predicted octanol–water partition coefficient (Wildman–Crippen LogP) is 4.53. The van der Waals surface area contributed by atoms with Crippen LogP contribution in [-0.2, 0) is 0 Å². The van der Waals surface area contributed by atoms with Crippen molar-refractivity contribution in [1.82, 2.24) is 4.90 Å². The minimum absolute atomic E-state index is 0.729. The second kappa shape index (κ2) is 13.8. The first-order valence-electron chi connectivity index (χ1n) is 9.51. The average molecular weight is 308 g/mol. The average Bonchev–Trinajstić information content (AvgIpc) is 2.96. The van der Waals surface area contributed by atoms with Crippen LogP contribution in [0.5, 0.6) is 0 Å². The van der Waals surface area contributed by atoms with Gasteiger partial charge in [0.2, 0.25) is 0 Å². The number of amidine groups is 1. The zero-order valence-electron chi connectivity index (χ0n) is 14.7. The van der Waals surface area contributed by atoms with Gasteiger partial charge in [-0.05, 0) is 19.3 Å². The van der Waals surface area contributed by atoms with Crippen LogP contribution in [0.3, 0.4) is 0 Å². The first-order chi connectivity index (χ1) is 10.9. The van der Waals surface area contributed by atoms with Crippen molar-refractivity contribution in [1.29, 1.82) is 0 Å². The van der Waals surface area contributed by atoms with Gasteiger partial charge in [-0.25, -0.2) is 0 Å². The van der Waals surface area contributed by atoms with Crippen LogP contribution in [0.1, 0.15) is 77.6 Å². The van der Waals surface area contributed by atoms with Crippen molar-refractivity contribution in [2.24, 2.45) is 10.7 Å². The van der Waals surface area contributed by atoms with Crippen LogP contribution in [0, 0.1) is 0 Å². The maximum Gasteiger partial charge on any atom is 0.0993 e. The zero-order valence-corrected chi connectivity index (χ0v) is 14.7. The number of nitrogens with zero attached hydrogens (tertiary/aromatic N) is 2. The molecule has 0 amide bonds. The molecule has 0 radical (unpaired) electrons. The fourth-order valence-electron chi connectivity index (χ4n) is 3.01. The summed E-state index contributed by atoms with van der Waals surface area (Å²) in [4.78, 5) is 6.92. The second-order valence-corrected chi connectivity index (χ2v) is 6.35. The highest BCUT2D eigenvalue weighted by Crippen LogP contribution is 2.11. The Morgan fingerprint density at radius 1 is 1.00 bits per heavy atom. The maximum absolute atomic E-state index is 5.63. The van der Waals surface area contributed by atoms with E-state index in [0.29, 0.717) is 0 Å². The number of hydrogen-bond donors (Lipinski definition) is 1. The Morgan fingerprint density at radius 2 is 1.68 bits per heavy atom.